The van der Waals surface area contributed by atoms with Crippen molar-refractivity contribution in [3.05, 3.63) is 28.3 Å². The van der Waals surface area contributed by atoms with Gasteiger partial charge in [0.25, 0.3) is 5.69 Å². The fraction of sp³-hybridized carbons (Fsp3) is 0.455. The lowest BCUT2D eigenvalue weighted by atomic mass is 10.2. The second-order valence-corrected chi connectivity index (χ2v) is 6.30. The van der Waals surface area contributed by atoms with Crippen molar-refractivity contribution in [1.29, 1.82) is 0 Å². The Hall–Kier alpha value is -1.67. The zero-order chi connectivity index (χ0) is 14.6. The molecule has 0 unspecified atom stereocenters. The summed E-state index contributed by atoms with van der Waals surface area (Å²) in [5.41, 5.74) is 0.0842. The second-order valence-electron chi connectivity index (χ2n) is 4.15. The van der Waals surface area contributed by atoms with Gasteiger partial charge in [0.15, 0.2) is 0 Å². The molecule has 0 amide bonds. The van der Waals surface area contributed by atoms with Gasteiger partial charge in [-0.1, -0.05) is 6.92 Å². The van der Waals surface area contributed by atoms with Gasteiger partial charge in [-0.15, -0.1) is 0 Å². The van der Waals surface area contributed by atoms with E-state index in [1.165, 1.54) is 32.3 Å². The van der Waals surface area contributed by atoms with Gasteiger partial charge in [-0.2, -0.15) is 0 Å². The Balaban J connectivity index is 3.29. The van der Waals surface area contributed by atoms with Crippen LogP contribution in [0.1, 0.15) is 13.3 Å². The fourth-order valence-corrected chi connectivity index (χ4v) is 2.38. The highest BCUT2D eigenvalue weighted by atomic mass is 32.2. The first-order valence-corrected chi connectivity index (χ1v) is 7.19. The number of hydrogen-bond donors (Lipinski definition) is 1. The molecule has 0 aliphatic rings. The minimum atomic E-state index is -3.60. The molecule has 0 aliphatic heterocycles. The van der Waals surface area contributed by atoms with Gasteiger partial charge in [0.05, 0.1) is 9.82 Å². The molecule has 0 radical (unpaired) electrons. The summed E-state index contributed by atoms with van der Waals surface area (Å²) >= 11 is 0. The Morgan fingerprint density at radius 2 is 2.00 bits per heavy atom. The van der Waals surface area contributed by atoms with Crippen molar-refractivity contribution in [3.63, 3.8) is 0 Å². The topological polar surface area (TPSA) is 92.6 Å². The van der Waals surface area contributed by atoms with Crippen LogP contribution in [0.15, 0.2) is 23.1 Å². The maximum Gasteiger partial charge on any atom is 0.292 e. The first-order valence-electron chi connectivity index (χ1n) is 5.75. The van der Waals surface area contributed by atoms with Gasteiger partial charge in [0.2, 0.25) is 10.0 Å². The second kappa shape index (κ2) is 5.98. The van der Waals surface area contributed by atoms with Gasteiger partial charge in [0.1, 0.15) is 5.69 Å². The zero-order valence-corrected chi connectivity index (χ0v) is 11.9. The summed E-state index contributed by atoms with van der Waals surface area (Å²) in [6.07, 6.45) is 0.780. The number of rotatable bonds is 6. The van der Waals surface area contributed by atoms with Gasteiger partial charge in [-0.3, -0.25) is 10.1 Å². The van der Waals surface area contributed by atoms with Crippen LogP contribution in [-0.4, -0.2) is 38.3 Å². The molecule has 8 heteroatoms. The van der Waals surface area contributed by atoms with E-state index in [0.29, 0.717) is 6.54 Å². The molecule has 19 heavy (non-hydrogen) atoms. The van der Waals surface area contributed by atoms with Crippen LogP contribution in [0.2, 0.25) is 0 Å². The molecule has 1 N–H and O–H groups in total. The van der Waals surface area contributed by atoms with Crippen molar-refractivity contribution in [2.75, 3.05) is 26.0 Å². The summed E-state index contributed by atoms with van der Waals surface area (Å²) in [5, 5.41) is 13.8. The first kappa shape index (κ1) is 15.4. The Bertz CT molecular complexity index is 569. The quantitative estimate of drug-likeness (QED) is 0.634. The molecule has 1 aromatic carbocycles. The number of nitro groups is 1. The SMILES string of the molecule is CCCNc1cc(S(=O)(=O)N(C)C)ccc1[N+](=O)[O-]. The molecular weight excluding hydrogens is 270 g/mol. The Labute approximate surface area is 112 Å². The molecule has 0 aromatic heterocycles. The van der Waals surface area contributed by atoms with Crippen molar-refractivity contribution >= 4 is 21.4 Å². The van der Waals surface area contributed by atoms with Crippen LogP contribution < -0.4 is 5.32 Å². The minimum Gasteiger partial charge on any atom is -0.379 e. The van der Waals surface area contributed by atoms with Crippen LogP contribution in [0.5, 0.6) is 0 Å². The highest BCUT2D eigenvalue weighted by molar-refractivity contribution is 7.89. The predicted octanol–water partition coefficient (Wildman–Crippen LogP) is 1.67. The molecule has 0 spiro atoms. The van der Waals surface area contributed by atoms with Crippen molar-refractivity contribution in [2.45, 2.75) is 18.2 Å². The summed E-state index contributed by atoms with van der Waals surface area (Å²) in [6.45, 7) is 2.45. The minimum absolute atomic E-state index is 0.0294. The predicted molar refractivity (Wildman–Crippen MR) is 72.7 cm³/mol. The summed E-state index contributed by atoms with van der Waals surface area (Å²) in [5.74, 6) is 0. The van der Waals surface area contributed by atoms with Crippen LogP contribution in [0, 0.1) is 10.1 Å². The Kier molecular flexibility index (Phi) is 4.84. The molecule has 0 atom stereocenters. The van der Waals surface area contributed by atoms with Crippen LogP contribution in [-0.2, 0) is 10.0 Å². The number of anilines is 1. The van der Waals surface area contributed by atoms with Crippen LogP contribution >= 0.6 is 0 Å². The van der Waals surface area contributed by atoms with Crippen molar-refractivity contribution in [1.82, 2.24) is 4.31 Å². The fourth-order valence-electron chi connectivity index (χ4n) is 1.45. The van der Waals surface area contributed by atoms with E-state index in [2.05, 4.69) is 5.32 Å². The number of sulfonamides is 1. The lowest BCUT2D eigenvalue weighted by Crippen LogP contribution is -2.22. The molecule has 0 fully saturated rings. The molecule has 1 rings (SSSR count). The molecule has 0 bridgehead atoms. The molecule has 0 saturated heterocycles. The van der Waals surface area contributed by atoms with E-state index in [0.717, 1.165) is 10.7 Å². The van der Waals surface area contributed by atoms with Gasteiger partial charge >= 0.3 is 0 Å². The maximum absolute atomic E-state index is 12.0. The number of hydrogen-bond acceptors (Lipinski definition) is 5. The molecular formula is C11H17N3O4S. The van der Waals surface area contributed by atoms with Crippen molar-refractivity contribution in [3.8, 4) is 0 Å². The van der Waals surface area contributed by atoms with Crippen molar-refractivity contribution in [2.24, 2.45) is 0 Å². The van der Waals surface area contributed by atoms with Crippen LogP contribution in [0.4, 0.5) is 11.4 Å². The van der Waals surface area contributed by atoms with E-state index in [-0.39, 0.29) is 16.3 Å². The summed E-state index contributed by atoms with van der Waals surface area (Å²) in [6, 6.07) is 3.74. The van der Waals surface area contributed by atoms with Gasteiger partial charge in [0, 0.05) is 26.7 Å². The molecule has 0 saturated carbocycles. The lowest BCUT2D eigenvalue weighted by molar-refractivity contribution is -0.384. The summed E-state index contributed by atoms with van der Waals surface area (Å²) in [7, 11) is -0.771. The smallest absolute Gasteiger partial charge is 0.292 e. The molecule has 1 aromatic rings. The normalized spacial score (nSPS) is 11.6. The van der Waals surface area contributed by atoms with E-state index in [1.54, 1.807) is 0 Å². The molecule has 106 valence electrons. The average molecular weight is 287 g/mol. The Morgan fingerprint density at radius 1 is 1.37 bits per heavy atom. The lowest BCUT2D eigenvalue weighted by Gasteiger charge is -2.13. The highest BCUT2D eigenvalue weighted by Gasteiger charge is 2.21. The zero-order valence-electron chi connectivity index (χ0n) is 11.1. The summed E-state index contributed by atoms with van der Waals surface area (Å²) in [4.78, 5) is 10.4. The molecule has 0 aliphatic carbocycles. The van der Waals surface area contributed by atoms with E-state index in [4.69, 9.17) is 0 Å². The van der Waals surface area contributed by atoms with Gasteiger partial charge < -0.3 is 5.32 Å². The maximum atomic E-state index is 12.0. The van der Waals surface area contributed by atoms with Crippen molar-refractivity contribution < 1.29 is 13.3 Å². The monoisotopic (exact) mass is 287 g/mol. The largest absolute Gasteiger partial charge is 0.379 e. The van der Waals surface area contributed by atoms with E-state index in [1.807, 2.05) is 6.92 Å². The van der Waals surface area contributed by atoms with E-state index >= 15 is 0 Å². The van der Waals surface area contributed by atoms with Gasteiger partial charge in [-0.25, -0.2) is 12.7 Å². The summed E-state index contributed by atoms with van der Waals surface area (Å²) < 4.78 is 25.0. The van der Waals surface area contributed by atoms with Crippen LogP contribution in [0.3, 0.4) is 0 Å². The van der Waals surface area contributed by atoms with E-state index in [9.17, 15) is 18.5 Å². The average Bonchev–Trinajstić information content (AvgIpc) is 2.35. The number of nitrogens with one attached hydrogen (secondary N) is 1. The third-order valence-electron chi connectivity index (χ3n) is 2.51. The number of nitrogens with zero attached hydrogens (tertiary/aromatic N) is 2. The van der Waals surface area contributed by atoms with Gasteiger partial charge in [-0.05, 0) is 18.6 Å². The van der Waals surface area contributed by atoms with E-state index < -0.39 is 14.9 Å². The number of nitro benzene ring substituents is 1. The first-order chi connectivity index (χ1) is 8.80. The van der Waals surface area contributed by atoms with Crippen LogP contribution in [0.25, 0.3) is 0 Å². The third-order valence-corrected chi connectivity index (χ3v) is 4.32. The Morgan fingerprint density at radius 3 is 2.47 bits per heavy atom. The highest BCUT2D eigenvalue weighted by Crippen LogP contribution is 2.28. The molecule has 0 heterocycles. The molecule has 7 nitrogen and oxygen atoms in total. The standard InChI is InChI=1S/C11H17N3O4S/c1-4-7-12-10-8-9(19(17,18)13(2)3)5-6-11(10)14(15)16/h5-6,8,12H,4,7H2,1-3H3. The number of benzene rings is 1. The third kappa shape index (κ3) is 3.42.